The third-order valence-corrected chi connectivity index (χ3v) is 9.85. The van der Waals surface area contributed by atoms with Gasteiger partial charge in [0, 0.05) is 62.3 Å². The summed E-state index contributed by atoms with van der Waals surface area (Å²) >= 11 is 0. The van der Waals surface area contributed by atoms with Crippen LogP contribution in [0.4, 0.5) is 19.3 Å². The Kier molecular flexibility index (Phi) is 13.8. The van der Waals surface area contributed by atoms with Crippen molar-refractivity contribution in [2.45, 2.75) is 63.8 Å². The topological polar surface area (TPSA) is 185 Å². The summed E-state index contributed by atoms with van der Waals surface area (Å²) in [6.07, 6.45) is 8.34. The molecule has 1 aliphatic rings. The number of guanidine groups is 1. The second-order valence-corrected chi connectivity index (χ2v) is 14.2. The molecule has 298 valence electrons. The fourth-order valence-corrected chi connectivity index (χ4v) is 6.96. The summed E-state index contributed by atoms with van der Waals surface area (Å²) in [7, 11) is 0. The van der Waals surface area contributed by atoms with Crippen molar-refractivity contribution in [3.8, 4) is 0 Å². The van der Waals surface area contributed by atoms with E-state index in [4.69, 9.17) is 11.5 Å². The van der Waals surface area contributed by atoms with E-state index >= 15 is 0 Å². The molecule has 0 radical (unpaired) electrons. The molecule has 5 aromatic rings. The van der Waals surface area contributed by atoms with Gasteiger partial charge in [-0.25, -0.2) is 13.6 Å². The highest BCUT2D eigenvalue weighted by atomic mass is 19.2. The number of carbonyl (C=O) groups excluding carboxylic acids is 3. The van der Waals surface area contributed by atoms with E-state index in [1.165, 1.54) is 24.5 Å². The molecule has 13 nitrogen and oxygen atoms in total. The summed E-state index contributed by atoms with van der Waals surface area (Å²) in [6, 6.07) is 19.1. The monoisotopic (exact) mass is 778 g/mol. The molecule has 0 unspecified atom stereocenters. The molecule has 0 spiro atoms. The number of nitrogens with two attached hydrogens (primary N) is 2. The number of likely N-dealkylation sites (tertiary alicyclic amines) is 1. The van der Waals surface area contributed by atoms with Crippen molar-refractivity contribution in [2.24, 2.45) is 16.5 Å². The lowest BCUT2D eigenvalue weighted by molar-refractivity contribution is -0.130. The number of halogens is 2. The number of pyridine rings is 1. The Balaban J connectivity index is 1.21. The zero-order valence-electron chi connectivity index (χ0n) is 31.6. The Labute approximate surface area is 329 Å². The third-order valence-electron chi connectivity index (χ3n) is 9.85. The summed E-state index contributed by atoms with van der Waals surface area (Å²) in [4.78, 5) is 51.6. The predicted molar refractivity (Wildman–Crippen MR) is 216 cm³/mol. The maximum Gasteiger partial charge on any atom is 0.319 e. The number of carbonyl (C=O) groups is 3. The van der Waals surface area contributed by atoms with Crippen molar-refractivity contribution < 1.29 is 23.2 Å². The van der Waals surface area contributed by atoms with E-state index in [1.807, 2.05) is 54.6 Å². The van der Waals surface area contributed by atoms with Gasteiger partial charge in [0.25, 0.3) is 0 Å². The van der Waals surface area contributed by atoms with Crippen LogP contribution >= 0.6 is 0 Å². The average molecular weight is 779 g/mol. The molecule has 6 rings (SSSR count). The number of urea groups is 1. The molecule has 8 N–H and O–H groups in total. The van der Waals surface area contributed by atoms with Gasteiger partial charge >= 0.3 is 6.03 Å². The lowest BCUT2D eigenvalue weighted by Crippen LogP contribution is -2.55. The number of hydrogen-bond donors (Lipinski definition) is 6. The average Bonchev–Trinajstić information content (AvgIpc) is 3.84. The third kappa shape index (κ3) is 11.6. The summed E-state index contributed by atoms with van der Waals surface area (Å²) in [5, 5.41) is 12.2. The minimum Gasteiger partial charge on any atom is -0.370 e. The van der Waals surface area contributed by atoms with E-state index in [0.717, 1.165) is 53.8 Å². The first-order valence-corrected chi connectivity index (χ1v) is 19.0. The molecule has 2 aromatic heterocycles. The first kappa shape index (κ1) is 40.3. The summed E-state index contributed by atoms with van der Waals surface area (Å²) in [5.41, 5.74) is 15.7. The number of aromatic nitrogens is 2. The van der Waals surface area contributed by atoms with E-state index in [9.17, 15) is 23.2 Å². The highest BCUT2D eigenvalue weighted by Crippen LogP contribution is 2.28. The first-order valence-electron chi connectivity index (χ1n) is 19.0. The standard InChI is InChI=1S/C42H48F2N10O3/c43-34-13-10-30(21-35(34)44)22-37(40(56)51-36(9-6-16-48-41(45)46)39(55)49-24-28-7-2-1-3-8-28)52-42(57)50-32-11-12-33-31(26-53-19-4-5-20-53)27-54(38(33)23-32)25-29-14-17-47-18-15-29/h1-3,7-8,10-15,17-18,21,23,27,36-37H,4-6,9,16,19-20,22,24-26H2,(H,49,55)(H,51,56)(H4,45,46,48)(H2,50,52,57)/t36-,37-/m0/s1. The van der Waals surface area contributed by atoms with Crippen molar-refractivity contribution in [1.29, 1.82) is 0 Å². The Morgan fingerprint density at radius 2 is 1.58 bits per heavy atom. The molecule has 1 fully saturated rings. The normalized spacial score (nSPS) is 13.8. The number of rotatable bonds is 17. The molecule has 2 atom stereocenters. The SMILES string of the molecule is NC(N)=NCCC[C@H](NC(=O)[C@H](Cc1ccc(F)c(F)c1)NC(=O)Nc1ccc2c(CN3CCCC3)cn(Cc3ccncc3)c2c1)C(=O)NCc1ccccc1. The second-order valence-electron chi connectivity index (χ2n) is 14.2. The van der Waals surface area contributed by atoms with Gasteiger partial charge in [0.1, 0.15) is 12.1 Å². The quantitative estimate of drug-likeness (QED) is 0.0455. The van der Waals surface area contributed by atoms with Gasteiger partial charge in [-0.05, 0) is 97.4 Å². The minimum atomic E-state index is -1.29. The molecule has 4 amide bonds. The molecule has 0 saturated carbocycles. The van der Waals surface area contributed by atoms with E-state index in [-0.39, 0.29) is 37.5 Å². The van der Waals surface area contributed by atoms with Crippen molar-refractivity contribution in [1.82, 2.24) is 30.4 Å². The Morgan fingerprint density at radius 3 is 2.32 bits per heavy atom. The van der Waals surface area contributed by atoms with Crippen LogP contribution in [0.15, 0.2) is 102 Å². The van der Waals surface area contributed by atoms with E-state index in [2.05, 4.69) is 46.9 Å². The molecule has 0 aliphatic carbocycles. The maximum absolute atomic E-state index is 14.3. The summed E-state index contributed by atoms with van der Waals surface area (Å²) in [6.45, 7) is 3.94. The fraction of sp³-hybridized carbons (Fsp3) is 0.310. The van der Waals surface area contributed by atoms with Gasteiger partial charge in [0.2, 0.25) is 11.8 Å². The molecule has 1 saturated heterocycles. The second kappa shape index (κ2) is 19.5. The number of nitrogens with zero attached hydrogens (tertiary/aromatic N) is 4. The number of anilines is 1. The molecule has 0 bridgehead atoms. The maximum atomic E-state index is 14.3. The molecule has 3 heterocycles. The van der Waals surface area contributed by atoms with Gasteiger partial charge < -0.3 is 37.3 Å². The van der Waals surface area contributed by atoms with Crippen LogP contribution in [0, 0.1) is 11.6 Å². The van der Waals surface area contributed by atoms with Crippen LogP contribution in [0.25, 0.3) is 10.9 Å². The molecule has 15 heteroatoms. The van der Waals surface area contributed by atoms with Crippen LogP contribution in [-0.4, -0.2) is 70.0 Å². The van der Waals surface area contributed by atoms with Gasteiger partial charge in [-0.3, -0.25) is 24.5 Å². The number of nitrogens with one attached hydrogen (secondary N) is 4. The minimum absolute atomic E-state index is 0.102. The molecular formula is C42H48F2N10O3. The van der Waals surface area contributed by atoms with E-state index in [1.54, 1.807) is 18.5 Å². The number of aliphatic imine (C=N–C) groups is 1. The zero-order valence-corrected chi connectivity index (χ0v) is 31.6. The molecule has 57 heavy (non-hydrogen) atoms. The van der Waals surface area contributed by atoms with Crippen LogP contribution < -0.4 is 32.7 Å². The van der Waals surface area contributed by atoms with E-state index in [0.29, 0.717) is 18.7 Å². The highest BCUT2D eigenvalue weighted by Gasteiger charge is 2.28. The van der Waals surface area contributed by atoms with Crippen LogP contribution in [0.3, 0.4) is 0 Å². The highest BCUT2D eigenvalue weighted by molar-refractivity contribution is 5.97. The lowest BCUT2D eigenvalue weighted by Gasteiger charge is -2.23. The Morgan fingerprint density at radius 1 is 0.807 bits per heavy atom. The predicted octanol–water partition coefficient (Wildman–Crippen LogP) is 4.55. The smallest absolute Gasteiger partial charge is 0.319 e. The number of amides is 4. The molecule has 1 aliphatic heterocycles. The van der Waals surface area contributed by atoms with Crippen LogP contribution in [0.2, 0.25) is 0 Å². The van der Waals surface area contributed by atoms with Crippen molar-refractivity contribution in [3.63, 3.8) is 0 Å². The van der Waals surface area contributed by atoms with Gasteiger partial charge in [-0.1, -0.05) is 42.5 Å². The van der Waals surface area contributed by atoms with Gasteiger partial charge in [-0.2, -0.15) is 0 Å². The molecule has 3 aromatic carbocycles. The van der Waals surface area contributed by atoms with Gasteiger partial charge in [-0.15, -0.1) is 0 Å². The van der Waals surface area contributed by atoms with Crippen LogP contribution in [0.1, 0.15) is 47.9 Å². The van der Waals surface area contributed by atoms with Crippen LogP contribution in [0.5, 0.6) is 0 Å². The lowest BCUT2D eigenvalue weighted by atomic mass is 10.0. The van der Waals surface area contributed by atoms with Crippen molar-refractivity contribution >= 4 is 40.4 Å². The van der Waals surface area contributed by atoms with Gasteiger partial charge in [0.05, 0.1) is 5.52 Å². The Bertz CT molecular complexity index is 2170. The first-order chi connectivity index (χ1) is 27.6. The number of hydrogen-bond acceptors (Lipinski definition) is 6. The van der Waals surface area contributed by atoms with Crippen LogP contribution in [-0.2, 0) is 35.6 Å². The van der Waals surface area contributed by atoms with E-state index < -0.39 is 41.6 Å². The van der Waals surface area contributed by atoms with Crippen molar-refractivity contribution in [2.75, 3.05) is 25.0 Å². The zero-order chi connectivity index (χ0) is 40.1. The fourth-order valence-electron chi connectivity index (χ4n) is 6.96. The largest absolute Gasteiger partial charge is 0.370 e. The number of fused-ring (bicyclic) bond motifs is 1. The molecular weight excluding hydrogens is 731 g/mol. The van der Waals surface area contributed by atoms with Crippen molar-refractivity contribution in [3.05, 3.63) is 131 Å². The Hall–Kier alpha value is -6.35. The van der Waals surface area contributed by atoms with Gasteiger partial charge in [0.15, 0.2) is 17.6 Å². The number of benzene rings is 3. The summed E-state index contributed by atoms with van der Waals surface area (Å²) < 4.78 is 30.3. The summed E-state index contributed by atoms with van der Waals surface area (Å²) in [5.74, 6) is -3.41.